The second-order valence-corrected chi connectivity index (χ2v) is 5.60. The summed E-state index contributed by atoms with van der Waals surface area (Å²) in [6.45, 7) is 7.44. The van der Waals surface area contributed by atoms with E-state index < -0.39 is 12.6 Å². The van der Waals surface area contributed by atoms with Crippen LogP contribution < -0.4 is 5.32 Å². The van der Waals surface area contributed by atoms with E-state index >= 15 is 0 Å². The van der Waals surface area contributed by atoms with Gasteiger partial charge in [0.05, 0.1) is 6.42 Å². The minimum Gasteiger partial charge on any atom is -0.309 e. The van der Waals surface area contributed by atoms with E-state index in [4.69, 9.17) is 0 Å². The van der Waals surface area contributed by atoms with Crippen molar-refractivity contribution in [1.82, 2.24) is 10.2 Å². The highest BCUT2D eigenvalue weighted by molar-refractivity contribution is 5.33. The molecule has 1 aromatic carbocycles. The maximum Gasteiger partial charge on any atom is 0.390 e. The first-order valence-electron chi connectivity index (χ1n) is 7.28. The first-order valence-corrected chi connectivity index (χ1v) is 7.28. The second kappa shape index (κ2) is 7.80. The molecule has 120 valence electrons. The Morgan fingerprint density at radius 1 is 1.24 bits per heavy atom. The highest BCUT2D eigenvalue weighted by Gasteiger charge is 2.27. The molecular weight excluding hydrogens is 277 g/mol. The second-order valence-electron chi connectivity index (χ2n) is 5.60. The van der Waals surface area contributed by atoms with Gasteiger partial charge in [0.25, 0.3) is 0 Å². The summed E-state index contributed by atoms with van der Waals surface area (Å²) in [5.74, 6) is 0. The van der Waals surface area contributed by atoms with Crippen molar-refractivity contribution in [2.45, 2.75) is 39.4 Å². The first-order chi connectivity index (χ1) is 9.73. The van der Waals surface area contributed by atoms with Crippen molar-refractivity contribution in [2.75, 3.05) is 26.7 Å². The highest BCUT2D eigenvalue weighted by atomic mass is 19.4. The predicted molar refractivity (Wildman–Crippen MR) is 80.5 cm³/mol. The number of benzene rings is 1. The Bertz CT molecular complexity index is 444. The molecule has 0 amide bonds. The lowest BCUT2D eigenvalue weighted by Gasteiger charge is -2.27. The SMILES string of the molecule is CCNC(CN(C)CCC(F)(F)F)c1cc(C)ccc1C. The summed E-state index contributed by atoms with van der Waals surface area (Å²) < 4.78 is 36.9. The third kappa shape index (κ3) is 6.48. The number of likely N-dealkylation sites (N-methyl/N-ethyl adjacent to an activating group) is 2. The van der Waals surface area contributed by atoms with Gasteiger partial charge in [0, 0.05) is 19.1 Å². The van der Waals surface area contributed by atoms with Crippen LogP contribution in [0, 0.1) is 13.8 Å². The van der Waals surface area contributed by atoms with Gasteiger partial charge in [-0.3, -0.25) is 0 Å². The predicted octanol–water partition coefficient (Wildman–Crippen LogP) is 3.84. The number of aryl methyl sites for hydroxylation is 2. The lowest BCUT2D eigenvalue weighted by Crippen LogP contribution is -2.35. The van der Waals surface area contributed by atoms with Gasteiger partial charge in [-0.05, 0) is 38.6 Å². The summed E-state index contributed by atoms with van der Waals surface area (Å²) in [5, 5.41) is 3.37. The van der Waals surface area contributed by atoms with Crippen LogP contribution in [0.1, 0.15) is 36.1 Å². The van der Waals surface area contributed by atoms with Crippen molar-refractivity contribution >= 4 is 0 Å². The molecule has 0 saturated heterocycles. The third-order valence-corrected chi connectivity index (χ3v) is 3.53. The van der Waals surface area contributed by atoms with Gasteiger partial charge in [-0.2, -0.15) is 13.2 Å². The normalized spacial score (nSPS) is 13.7. The van der Waals surface area contributed by atoms with E-state index in [-0.39, 0.29) is 12.6 Å². The van der Waals surface area contributed by atoms with E-state index in [0.29, 0.717) is 6.54 Å². The fourth-order valence-corrected chi connectivity index (χ4v) is 2.38. The van der Waals surface area contributed by atoms with E-state index in [1.807, 2.05) is 20.8 Å². The van der Waals surface area contributed by atoms with Gasteiger partial charge in [-0.15, -0.1) is 0 Å². The van der Waals surface area contributed by atoms with Crippen molar-refractivity contribution in [1.29, 1.82) is 0 Å². The zero-order valence-electron chi connectivity index (χ0n) is 13.2. The Hall–Kier alpha value is -1.07. The van der Waals surface area contributed by atoms with Gasteiger partial charge < -0.3 is 10.2 Å². The molecule has 1 aromatic rings. The van der Waals surface area contributed by atoms with Gasteiger partial charge >= 0.3 is 6.18 Å². The molecule has 0 fully saturated rings. The van der Waals surface area contributed by atoms with Crippen molar-refractivity contribution in [3.63, 3.8) is 0 Å². The van der Waals surface area contributed by atoms with Crippen molar-refractivity contribution in [3.8, 4) is 0 Å². The summed E-state index contributed by atoms with van der Waals surface area (Å²) in [6.07, 6.45) is -4.86. The first kappa shape index (κ1) is 18.0. The lowest BCUT2D eigenvalue weighted by molar-refractivity contribution is -0.137. The fourth-order valence-electron chi connectivity index (χ4n) is 2.38. The van der Waals surface area contributed by atoms with E-state index in [1.54, 1.807) is 11.9 Å². The molecule has 21 heavy (non-hydrogen) atoms. The monoisotopic (exact) mass is 302 g/mol. The van der Waals surface area contributed by atoms with Gasteiger partial charge in [0.1, 0.15) is 0 Å². The summed E-state index contributed by atoms with van der Waals surface area (Å²) in [5.41, 5.74) is 3.49. The topological polar surface area (TPSA) is 15.3 Å². The number of halogens is 3. The van der Waals surface area contributed by atoms with Crippen molar-refractivity contribution in [2.24, 2.45) is 0 Å². The molecule has 5 heteroatoms. The van der Waals surface area contributed by atoms with Gasteiger partial charge in [0.15, 0.2) is 0 Å². The Morgan fingerprint density at radius 3 is 2.48 bits per heavy atom. The molecular formula is C16H25F3N2. The van der Waals surface area contributed by atoms with Crippen LogP contribution in [0.4, 0.5) is 13.2 Å². The molecule has 0 saturated carbocycles. The zero-order valence-corrected chi connectivity index (χ0v) is 13.2. The van der Waals surface area contributed by atoms with Crippen LogP contribution in [0.5, 0.6) is 0 Å². The van der Waals surface area contributed by atoms with Crippen molar-refractivity contribution in [3.05, 3.63) is 34.9 Å². The Kier molecular flexibility index (Phi) is 6.68. The average Bonchev–Trinajstić information content (AvgIpc) is 2.38. The molecule has 0 aliphatic carbocycles. The highest BCUT2D eigenvalue weighted by Crippen LogP contribution is 2.22. The van der Waals surface area contributed by atoms with Crippen LogP contribution in [-0.2, 0) is 0 Å². The number of alkyl halides is 3. The molecule has 0 aliphatic heterocycles. The maximum absolute atomic E-state index is 12.3. The average molecular weight is 302 g/mol. The number of nitrogens with zero attached hydrogens (tertiary/aromatic N) is 1. The molecule has 0 radical (unpaired) electrons. The van der Waals surface area contributed by atoms with Gasteiger partial charge in [-0.25, -0.2) is 0 Å². The maximum atomic E-state index is 12.3. The smallest absolute Gasteiger partial charge is 0.309 e. The van der Waals surface area contributed by atoms with Crippen LogP contribution in [0.2, 0.25) is 0 Å². The molecule has 0 aromatic heterocycles. The molecule has 1 N–H and O–H groups in total. The molecule has 0 spiro atoms. The number of hydrogen-bond acceptors (Lipinski definition) is 2. The lowest BCUT2D eigenvalue weighted by atomic mass is 9.98. The Balaban J connectivity index is 2.75. The summed E-state index contributed by atoms with van der Waals surface area (Å²) in [6, 6.07) is 6.27. The summed E-state index contributed by atoms with van der Waals surface area (Å²) in [4.78, 5) is 1.74. The standard InChI is InChI=1S/C16H25F3N2/c1-5-20-15(11-21(4)9-8-16(17,18)19)14-10-12(2)6-7-13(14)3/h6-7,10,15,20H,5,8-9,11H2,1-4H3. The van der Waals surface area contributed by atoms with Crippen LogP contribution in [0.3, 0.4) is 0 Å². The molecule has 0 heterocycles. The number of rotatable bonds is 7. The van der Waals surface area contributed by atoms with E-state index in [0.717, 1.165) is 23.2 Å². The minimum absolute atomic E-state index is 0.0241. The van der Waals surface area contributed by atoms with Crippen molar-refractivity contribution < 1.29 is 13.2 Å². The Labute approximate surface area is 125 Å². The van der Waals surface area contributed by atoms with Gasteiger partial charge in [-0.1, -0.05) is 30.7 Å². The fraction of sp³-hybridized carbons (Fsp3) is 0.625. The van der Waals surface area contributed by atoms with Crippen LogP contribution in [0.15, 0.2) is 18.2 Å². The molecule has 0 aliphatic rings. The zero-order chi connectivity index (χ0) is 16.0. The summed E-state index contributed by atoms with van der Waals surface area (Å²) >= 11 is 0. The minimum atomic E-state index is -4.10. The quantitative estimate of drug-likeness (QED) is 0.823. The van der Waals surface area contributed by atoms with Crippen LogP contribution in [-0.4, -0.2) is 37.8 Å². The Morgan fingerprint density at radius 2 is 1.90 bits per heavy atom. The number of hydrogen-bond donors (Lipinski definition) is 1. The van der Waals surface area contributed by atoms with E-state index in [9.17, 15) is 13.2 Å². The molecule has 0 bridgehead atoms. The largest absolute Gasteiger partial charge is 0.390 e. The molecule has 1 unspecified atom stereocenters. The van der Waals surface area contributed by atoms with Gasteiger partial charge in [0.2, 0.25) is 0 Å². The van der Waals surface area contributed by atoms with Crippen LogP contribution >= 0.6 is 0 Å². The molecule has 2 nitrogen and oxygen atoms in total. The third-order valence-electron chi connectivity index (χ3n) is 3.53. The van der Waals surface area contributed by atoms with E-state index in [1.165, 1.54) is 0 Å². The molecule has 1 atom stereocenters. The summed E-state index contributed by atoms with van der Waals surface area (Å²) in [7, 11) is 1.74. The van der Waals surface area contributed by atoms with E-state index in [2.05, 4.69) is 23.5 Å². The number of nitrogens with one attached hydrogen (secondary N) is 1. The van der Waals surface area contributed by atoms with Crippen LogP contribution in [0.25, 0.3) is 0 Å². The molecule has 1 rings (SSSR count).